The Morgan fingerprint density at radius 1 is 1.19 bits per heavy atom. The predicted octanol–water partition coefficient (Wildman–Crippen LogP) is 2.86. The van der Waals surface area contributed by atoms with Crippen LogP contribution in [0.4, 0.5) is 0 Å². The molecule has 4 fully saturated rings. The van der Waals surface area contributed by atoms with Gasteiger partial charge in [-0.15, -0.1) is 0 Å². The summed E-state index contributed by atoms with van der Waals surface area (Å²) in [4.78, 5) is 24.6. The van der Waals surface area contributed by atoms with Gasteiger partial charge < -0.3 is 14.9 Å². The second-order valence-corrected chi connectivity index (χ2v) is 10.8. The van der Waals surface area contributed by atoms with Gasteiger partial charge in [0.05, 0.1) is 6.10 Å². The molecule has 4 aliphatic carbocycles. The number of hydrogen-bond acceptors (Lipinski definition) is 5. The van der Waals surface area contributed by atoms with Gasteiger partial charge in [0.1, 0.15) is 18.0 Å². The third-order valence-electron chi connectivity index (χ3n) is 9.45. The molecule has 0 aromatic rings. The maximum Gasteiger partial charge on any atom is 0.302 e. The van der Waals surface area contributed by atoms with Crippen LogP contribution in [0.25, 0.3) is 0 Å². The first-order chi connectivity index (χ1) is 12.5. The van der Waals surface area contributed by atoms with Crippen LogP contribution in [0.15, 0.2) is 0 Å². The van der Waals surface area contributed by atoms with Crippen LogP contribution in [0.3, 0.4) is 0 Å². The maximum absolute atomic E-state index is 13.3. The Hall–Kier alpha value is -0.940. The number of carbonyl (C=O) groups is 2. The first-order valence-corrected chi connectivity index (χ1v) is 10.5. The number of Topliss-reactive ketones (excluding diaryl/α,β-unsaturated/α-hetero) is 1. The summed E-state index contributed by atoms with van der Waals surface area (Å²) in [7, 11) is 0. The summed E-state index contributed by atoms with van der Waals surface area (Å²) >= 11 is 0. The third kappa shape index (κ3) is 2.43. The van der Waals surface area contributed by atoms with Crippen molar-refractivity contribution in [2.75, 3.05) is 6.61 Å². The second-order valence-electron chi connectivity index (χ2n) is 10.8. The molecule has 5 heteroatoms. The number of fused-ring (bicyclic) bond motifs is 2. The summed E-state index contributed by atoms with van der Waals surface area (Å²) in [6.07, 6.45) is 4.93. The lowest BCUT2D eigenvalue weighted by Gasteiger charge is -2.67. The van der Waals surface area contributed by atoms with Crippen LogP contribution in [0.1, 0.15) is 72.6 Å². The number of ether oxygens (including phenoxy) is 1. The number of hydrogen-bond donors (Lipinski definition) is 2. The van der Waals surface area contributed by atoms with Crippen LogP contribution in [-0.2, 0) is 14.3 Å². The summed E-state index contributed by atoms with van der Waals surface area (Å²) in [5.41, 5.74) is -1.44. The van der Waals surface area contributed by atoms with Crippen molar-refractivity contribution in [3.63, 3.8) is 0 Å². The molecule has 7 atom stereocenters. The Labute approximate surface area is 161 Å². The molecule has 2 N–H and O–H groups in total. The second kappa shape index (κ2) is 5.79. The van der Waals surface area contributed by atoms with Gasteiger partial charge >= 0.3 is 5.97 Å². The predicted molar refractivity (Wildman–Crippen MR) is 99.7 cm³/mol. The zero-order chi connectivity index (χ0) is 19.8. The molecule has 4 saturated carbocycles. The van der Waals surface area contributed by atoms with Crippen LogP contribution < -0.4 is 0 Å². The van der Waals surface area contributed by atoms with Crippen LogP contribution in [0.2, 0.25) is 0 Å². The lowest BCUT2D eigenvalue weighted by atomic mass is 9.37. The molecule has 152 valence electrons. The van der Waals surface area contributed by atoms with Crippen LogP contribution in [0.5, 0.6) is 0 Å². The van der Waals surface area contributed by atoms with E-state index in [1.54, 1.807) is 0 Å². The number of ketones is 1. The van der Waals surface area contributed by atoms with Crippen molar-refractivity contribution in [2.24, 2.45) is 34.0 Å². The first-order valence-electron chi connectivity index (χ1n) is 10.5. The summed E-state index contributed by atoms with van der Waals surface area (Å²) < 4.78 is 5.19. The van der Waals surface area contributed by atoms with Gasteiger partial charge in [-0.3, -0.25) is 9.59 Å². The molecule has 4 rings (SSSR count). The quantitative estimate of drug-likeness (QED) is 0.722. The number of esters is 1. The molecule has 0 saturated heterocycles. The minimum atomic E-state index is -1.08. The smallest absolute Gasteiger partial charge is 0.302 e. The fourth-order valence-electron chi connectivity index (χ4n) is 7.77. The SMILES string of the molecule is CC(=O)OC[C@]1(O)C[C@@H]2C(=O)C[C@H]3C(C)(C)[C@H](O)CC[C@]3(C)[C@]23CC[C@H]1C3. The molecule has 0 aliphatic heterocycles. The average Bonchev–Trinajstić information content (AvgIpc) is 3.00. The van der Waals surface area contributed by atoms with Crippen molar-refractivity contribution >= 4 is 11.8 Å². The van der Waals surface area contributed by atoms with Crippen molar-refractivity contribution in [1.29, 1.82) is 0 Å². The number of aliphatic hydroxyl groups excluding tert-OH is 1. The molecule has 0 aromatic carbocycles. The normalized spacial score (nSPS) is 50.7. The van der Waals surface area contributed by atoms with Crippen molar-refractivity contribution in [3.05, 3.63) is 0 Å². The Morgan fingerprint density at radius 2 is 1.89 bits per heavy atom. The fraction of sp³-hybridized carbons (Fsp3) is 0.909. The minimum absolute atomic E-state index is 0.00277. The molecule has 0 heterocycles. The van der Waals surface area contributed by atoms with Crippen molar-refractivity contribution in [1.82, 2.24) is 0 Å². The van der Waals surface area contributed by atoms with E-state index in [0.29, 0.717) is 12.8 Å². The molecule has 2 bridgehead atoms. The lowest BCUT2D eigenvalue weighted by Crippen LogP contribution is -2.66. The summed E-state index contributed by atoms with van der Waals surface area (Å²) in [6, 6.07) is 0. The Balaban J connectivity index is 1.72. The topological polar surface area (TPSA) is 83.8 Å². The zero-order valence-corrected chi connectivity index (χ0v) is 17.1. The van der Waals surface area contributed by atoms with Gasteiger partial charge in [-0.25, -0.2) is 0 Å². The van der Waals surface area contributed by atoms with Crippen molar-refractivity contribution in [3.8, 4) is 0 Å². The Bertz CT molecular complexity index is 672. The molecule has 5 nitrogen and oxygen atoms in total. The molecule has 4 aliphatic rings. The van der Waals surface area contributed by atoms with E-state index in [9.17, 15) is 19.8 Å². The Kier molecular flexibility index (Phi) is 4.16. The van der Waals surface area contributed by atoms with Crippen LogP contribution in [-0.4, -0.2) is 40.3 Å². The standard InChI is InChI=1S/C22H34O5/c1-13(23)27-12-22(26)11-15-16(24)9-17-19(2,3)18(25)6-7-20(17,4)21(15)8-5-14(22)10-21/h14-15,17-18,25-26H,5-12H2,1-4H3/t14-,15+,17-,18+,20-,21-,22+/m0/s1. The van der Waals surface area contributed by atoms with Crippen LogP contribution in [0, 0.1) is 34.0 Å². The van der Waals surface area contributed by atoms with E-state index in [1.165, 1.54) is 6.92 Å². The van der Waals surface area contributed by atoms with E-state index in [4.69, 9.17) is 4.74 Å². The molecule has 0 radical (unpaired) electrons. The molecule has 0 amide bonds. The maximum atomic E-state index is 13.3. The summed E-state index contributed by atoms with van der Waals surface area (Å²) in [5.74, 6) is -0.0593. The van der Waals surface area contributed by atoms with E-state index in [-0.39, 0.29) is 58.5 Å². The van der Waals surface area contributed by atoms with Crippen LogP contribution >= 0.6 is 0 Å². The molecule has 1 spiro atoms. The first kappa shape index (κ1) is 19.4. The average molecular weight is 379 g/mol. The van der Waals surface area contributed by atoms with Crippen molar-refractivity contribution < 1.29 is 24.5 Å². The van der Waals surface area contributed by atoms with E-state index >= 15 is 0 Å². The van der Waals surface area contributed by atoms with Gasteiger partial charge in [0.15, 0.2) is 0 Å². The van der Waals surface area contributed by atoms with Gasteiger partial charge in [0, 0.05) is 19.3 Å². The summed E-state index contributed by atoms with van der Waals surface area (Å²) in [5, 5.41) is 22.0. The minimum Gasteiger partial charge on any atom is -0.463 e. The Morgan fingerprint density at radius 3 is 2.56 bits per heavy atom. The highest BCUT2D eigenvalue weighted by molar-refractivity contribution is 5.84. The number of aliphatic hydroxyl groups is 2. The zero-order valence-electron chi connectivity index (χ0n) is 17.1. The summed E-state index contributed by atoms with van der Waals surface area (Å²) in [6.45, 7) is 7.95. The third-order valence-corrected chi connectivity index (χ3v) is 9.45. The molecular formula is C22H34O5. The highest BCUT2D eigenvalue weighted by Gasteiger charge is 2.72. The lowest BCUT2D eigenvalue weighted by molar-refractivity contribution is -0.218. The van der Waals surface area contributed by atoms with Crippen molar-refractivity contribution in [2.45, 2.75) is 84.3 Å². The highest BCUT2D eigenvalue weighted by atomic mass is 16.5. The molecule has 0 unspecified atom stereocenters. The number of carbonyl (C=O) groups excluding carboxylic acids is 2. The van der Waals surface area contributed by atoms with Gasteiger partial charge in [0.25, 0.3) is 0 Å². The van der Waals surface area contributed by atoms with Gasteiger partial charge in [-0.05, 0) is 66.6 Å². The van der Waals surface area contributed by atoms with E-state index in [0.717, 1.165) is 32.1 Å². The van der Waals surface area contributed by atoms with Gasteiger partial charge in [-0.2, -0.15) is 0 Å². The van der Waals surface area contributed by atoms with E-state index in [1.807, 2.05) is 0 Å². The van der Waals surface area contributed by atoms with Gasteiger partial charge in [-0.1, -0.05) is 20.8 Å². The van der Waals surface area contributed by atoms with E-state index in [2.05, 4.69) is 20.8 Å². The van der Waals surface area contributed by atoms with Gasteiger partial charge in [0.2, 0.25) is 0 Å². The monoisotopic (exact) mass is 378 g/mol. The molecule has 0 aromatic heterocycles. The fourth-order valence-corrected chi connectivity index (χ4v) is 7.77. The molecule has 27 heavy (non-hydrogen) atoms. The molecular weight excluding hydrogens is 344 g/mol. The largest absolute Gasteiger partial charge is 0.463 e. The highest BCUT2D eigenvalue weighted by Crippen LogP contribution is 2.74. The van der Waals surface area contributed by atoms with E-state index < -0.39 is 5.60 Å². The number of rotatable bonds is 2.